The molecule has 0 saturated heterocycles. The fourth-order valence-corrected chi connectivity index (χ4v) is 5.29. The van der Waals surface area contributed by atoms with E-state index in [2.05, 4.69) is 42.3 Å². The highest BCUT2D eigenvalue weighted by Gasteiger charge is 2.18. The first kappa shape index (κ1) is 33.3. The highest BCUT2D eigenvalue weighted by molar-refractivity contribution is 5.85. The lowest BCUT2D eigenvalue weighted by atomic mass is 10.0. The number of carbonyl (C=O) groups is 1. The fourth-order valence-electron chi connectivity index (χ4n) is 5.29. The van der Waals surface area contributed by atoms with Gasteiger partial charge in [-0.1, -0.05) is 36.4 Å². The molecule has 0 radical (unpaired) electrons. The highest BCUT2D eigenvalue weighted by Crippen LogP contribution is 2.26. The number of nitrogens with zero attached hydrogens (tertiary/aromatic N) is 3. The molecule has 0 amide bonds. The Labute approximate surface area is 253 Å². The van der Waals surface area contributed by atoms with E-state index in [-0.39, 0.29) is 54.7 Å². The number of aryl methyl sites for hydroxylation is 1. The number of aromatic nitrogens is 2. The molecule has 0 N–H and O–H groups in total. The van der Waals surface area contributed by atoms with Crippen LogP contribution in [0.25, 0.3) is 21.8 Å². The fraction of sp³-hybridized carbons (Fsp3) is 0.455. The van der Waals surface area contributed by atoms with E-state index in [1.165, 1.54) is 12.1 Å². The first-order valence-corrected chi connectivity index (χ1v) is 14.5. The van der Waals surface area contributed by atoms with Crippen molar-refractivity contribution in [2.45, 2.75) is 71.8 Å². The summed E-state index contributed by atoms with van der Waals surface area (Å²) in [5.74, 6) is -0.708. The quantitative estimate of drug-likeness (QED) is 0.116. The van der Waals surface area contributed by atoms with Crippen molar-refractivity contribution in [2.24, 2.45) is 0 Å². The van der Waals surface area contributed by atoms with Crippen molar-refractivity contribution in [3.63, 3.8) is 0 Å². The van der Waals surface area contributed by atoms with E-state index >= 15 is 0 Å². The second-order valence-electron chi connectivity index (χ2n) is 11.3. The van der Waals surface area contributed by atoms with E-state index in [4.69, 9.17) is 9.47 Å². The summed E-state index contributed by atoms with van der Waals surface area (Å²) in [6, 6.07) is 19.0. The maximum absolute atomic E-state index is 14.0. The number of carbonyl (C=O) groups excluding carboxylic acids is 1. The maximum Gasteiger partial charge on any atom is 0.332 e. The van der Waals surface area contributed by atoms with Crippen LogP contribution in [-0.2, 0) is 20.8 Å². The van der Waals surface area contributed by atoms with Crippen LogP contribution in [0.15, 0.2) is 65.5 Å². The highest BCUT2D eigenvalue weighted by atomic mass is 35.5. The van der Waals surface area contributed by atoms with Crippen molar-refractivity contribution in [1.82, 2.24) is 14.0 Å². The summed E-state index contributed by atoms with van der Waals surface area (Å²) in [6.45, 7) is 9.62. The van der Waals surface area contributed by atoms with Crippen LogP contribution in [0.1, 0.15) is 64.7 Å². The number of fused-ring (bicyclic) bond motifs is 2. The number of halogens is 2. The Balaban J connectivity index is 0.00000484. The number of unbranched alkanes of at least 4 members (excludes halogenated alkanes) is 1. The molecule has 1 heterocycles. The van der Waals surface area contributed by atoms with Crippen LogP contribution in [0, 0.1) is 5.82 Å². The Bertz CT molecular complexity index is 1530. The van der Waals surface area contributed by atoms with Crippen LogP contribution in [0.5, 0.6) is 0 Å². The Morgan fingerprint density at radius 2 is 1.67 bits per heavy atom. The van der Waals surface area contributed by atoms with E-state index in [1.807, 2.05) is 39.8 Å². The van der Waals surface area contributed by atoms with Gasteiger partial charge in [0.15, 0.2) is 0 Å². The summed E-state index contributed by atoms with van der Waals surface area (Å²) < 4.78 is 28.8. The van der Waals surface area contributed by atoms with Crippen LogP contribution < -0.4 is 5.69 Å². The van der Waals surface area contributed by atoms with Crippen molar-refractivity contribution in [2.75, 3.05) is 26.7 Å². The molecule has 3 aromatic carbocycles. The second kappa shape index (κ2) is 15.3. The van der Waals surface area contributed by atoms with Crippen LogP contribution in [-0.4, -0.2) is 52.9 Å². The topological polar surface area (TPSA) is 65.7 Å². The van der Waals surface area contributed by atoms with Gasteiger partial charge in [-0.15, -0.1) is 12.4 Å². The number of rotatable bonds is 14. The molecular formula is C33H43ClFN3O4. The summed E-state index contributed by atoms with van der Waals surface area (Å²) in [6.07, 6.45) is 1.95. The third-order valence-corrected chi connectivity index (χ3v) is 7.30. The number of imidazole rings is 1. The molecule has 0 fully saturated rings. The number of hydrogen-bond donors (Lipinski definition) is 0. The number of esters is 1. The molecule has 0 bridgehead atoms. The largest absolute Gasteiger partial charge is 0.461 e. The summed E-state index contributed by atoms with van der Waals surface area (Å²) in [5.41, 5.74) is 2.34. The molecule has 0 aliphatic carbocycles. The van der Waals surface area contributed by atoms with Gasteiger partial charge in [-0.25, -0.2) is 14.0 Å². The molecule has 0 aliphatic rings. The molecule has 42 heavy (non-hydrogen) atoms. The Hall–Kier alpha value is -3.20. The first-order chi connectivity index (χ1) is 19.6. The standard InChI is InChI=1S/C33H42FN3O4.ClH/c1-23(2)37-29-15-14-28(34)21-30(29)36(33(37)39)18-9-8-17-35(5)19-16-31(40-22-32(38)41-24(3)4)27-13-12-25-10-6-7-11-26(25)20-27;/h6-7,10-15,20-21,23-24,31H,8-9,16-19,22H2,1-5H3;1H. The zero-order valence-electron chi connectivity index (χ0n) is 25.2. The van der Waals surface area contributed by atoms with Crippen molar-refractivity contribution in [3.8, 4) is 0 Å². The third kappa shape index (κ3) is 8.43. The minimum Gasteiger partial charge on any atom is -0.461 e. The zero-order chi connectivity index (χ0) is 29.5. The van der Waals surface area contributed by atoms with Gasteiger partial charge in [-0.05, 0) is 101 Å². The smallest absolute Gasteiger partial charge is 0.332 e. The zero-order valence-corrected chi connectivity index (χ0v) is 26.0. The molecule has 1 unspecified atom stereocenters. The second-order valence-corrected chi connectivity index (χ2v) is 11.3. The molecule has 4 aromatic rings. The summed E-state index contributed by atoms with van der Waals surface area (Å²) in [7, 11) is 2.07. The predicted octanol–water partition coefficient (Wildman–Crippen LogP) is 6.91. The molecule has 4 rings (SSSR count). The average molecular weight is 600 g/mol. The van der Waals surface area contributed by atoms with Crippen LogP contribution >= 0.6 is 12.4 Å². The predicted molar refractivity (Wildman–Crippen MR) is 169 cm³/mol. The molecule has 0 aliphatic heterocycles. The van der Waals surface area contributed by atoms with Crippen molar-refractivity contribution < 1.29 is 18.7 Å². The van der Waals surface area contributed by atoms with E-state index < -0.39 is 0 Å². The molecular weight excluding hydrogens is 557 g/mol. The summed E-state index contributed by atoms with van der Waals surface area (Å²) in [5, 5.41) is 2.29. The third-order valence-electron chi connectivity index (χ3n) is 7.30. The molecule has 7 nitrogen and oxygen atoms in total. The summed E-state index contributed by atoms with van der Waals surface area (Å²) in [4.78, 5) is 27.5. The van der Waals surface area contributed by atoms with Crippen LogP contribution in [0.2, 0.25) is 0 Å². The average Bonchev–Trinajstić information content (AvgIpc) is 3.20. The van der Waals surface area contributed by atoms with Gasteiger partial charge in [0.2, 0.25) is 0 Å². The Kier molecular flexibility index (Phi) is 12.2. The number of ether oxygens (including phenoxy) is 2. The number of hydrogen-bond acceptors (Lipinski definition) is 5. The van der Waals surface area contributed by atoms with Crippen molar-refractivity contribution >= 4 is 40.2 Å². The van der Waals surface area contributed by atoms with Gasteiger partial charge in [-0.3, -0.25) is 9.13 Å². The normalized spacial score (nSPS) is 12.4. The molecule has 0 spiro atoms. The van der Waals surface area contributed by atoms with Gasteiger partial charge < -0.3 is 14.4 Å². The number of benzene rings is 3. The monoisotopic (exact) mass is 599 g/mol. The van der Waals surface area contributed by atoms with Gasteiger partial charge in [0, 0.05) is 19.1 Å². The van der Waals surface area contributed by atoms with Gasteiger partial charge in [0.25, 0.3) is 0 Å². The van der Waals surface area contributed by atoms with E-state index in [0.29, 0.717) is 18.5 Å². The van der Waals surface area contributed by atoms with E-state index in [0.717, 1.165) is 47.8 Å². The molecule has 1 aromatic heterocycles. The van der Waals surface area contributed by atoms with Gasteiger partial charge in [0.05, 0.1) is 23.2 Å². The lowest BCUT2D eigenvalue weighted by Crippen LogP contribution is -2.27. The van der Waals surface area contributed by atoms with Gasteiger partial charge in [-0.2, -0.15) is 0 Å². The Morgan fingerprint density at radius 3 is 2.38 bits per heavy atom. The molecule has 228 valence electrons. The van der Waals surface area contributed by atoms with Crippen LogP contribution in [0.3, 0.4) is 0 Å². The van der Waals surface area contributed by atoms with Crippen molar-refractivity contribution in [3.05, 3.63) is 82.5 Å². The first-order valence-electron chi connectivity index (χ1n) is 14.5. The molecule has 0 saturated carbocycles. The van der Waals surface area contributed by atoms with E-state index in [1.54, 1.807) is 15.2 Å². The molecule has 9 heteroatoms. The van der Waals surface area contributed by atoms with Crippen molar-refractivity contribution in [1.29, 1.82) is 0 Å². The van der Waals surface area contributed by atoms with Crippen LogP contribution in [0.4, 0.5) is 4.39 Å². The SMILES string of the molecule is CC(C)OC(=O)COC(CCN(C)CCCCn1c(=O)n(C(C)C)c2ccc(F)cc21)c1ccc2ccccc2c1.Cl. The van der Waals surface area contributed by atoms with Gasteiger partial charge in [0.1, 0.15) is 12.4 Å². The lowest BCUT2D eigenvalue weighted by molar-refractivity contribution is -0.155. The minimum atomic E-state index is -0.368. The van der Waals surface area contributed by atoms with Gasteiger partial charge >= 0.3 is 11.7 Å². The lowest BCUT2D eigenvalue weighted by Gasteiger charge is -2.23. The Morgan fingerprint density at radius 1 is 0.929 bits per heavy atom. The minimum absolute atomic E-state index is 0. The molecule has 1 atom stereocenters. The maximum atomic E-state index is 14.0. The van der Waals surface area contributed by atoms with E-state index in [9.17, 15) is 14.0 Å². The summed E-state index contributed by atoms with van der Waals surface area (Å²) >= 11 is 0.